The minimum atomic E-state index is -0.354. The van der Waals surface area contributed by atoms with Gasteiger partial charge in [0.05, 0.1) is 24.9 Å². The zero-order valence-corrected chi connectivity index (χ0v) is 14.1. The largest absolute Gasteiger partial charge is 0.393 e. The molecule has 0 bridgehead atoms. The van der Waals surface area contributed by atoms with Crippen LogP contribution in [0.4, 0.5) is 0 Å². The molecule has 2 N–H and O–H groups in total. The van der Waals surface area contributed by atoms with Gasteiger partial charge in [-0.1, -0.05) is 13.8 Å². The van der Waals surface area contributed by atoms with Crippen LogP contribution in [0.3, 0.4) is 0 Å². The molecule has 1 unspecified atom stereocenters. The van der Waals surface area contributed by atoms with E-state index in [2.05, 4.69) is 13.8 Å². The Hall–Kier alpha value is -0.120. The Kier molecular flexibility index (Phi) is 6.10. The van der Waals surface area contributed by atoms with Gasteiger partial charge in [-0.15, -0.1) is 0 Å². The fourth-order valence-corrected chi connectivity index (χ4v) is 4.40. The Morgan fingerprint density at radius 3 is 1.90 bits per heavy atom. The molecule has 124 valence electrons. The van der Waals surface area contributed by atoms with E-state index in [4.69, 9.17) is 4.74 Å². The lowest BCUT2D eigenvalue weighted by Crippen LogP contribution is -2.39. The highest BCUT2D eigenvalue weighted by Gasteiger charge is 2.40. The van der Waals surface area contributed by atoms with Crippen molar-refractivity contribution >= 4 is 0 Å². The molecule has 0 aliphatic heterocycles. The van der Waals surface area contributed by atoms with Crippen molar-refractivity contribution in [2.75, 3.05) is 6.61 Å². The third-order valence-electron chi connectivity index (χ3n) is 6.05. The zero-order valence-electron chi connectivity index (χ0n) is 14.1. The molecule has 2 saturated carbocycles. The summed E-state index contributed by atoms with van der Waals surface area (Å²) < 4.78 is 5.78. The van der Waals surface area contributed by atoms with Crippen LogP contribution in [0.1, 0.15) is 72.1 Å². The lowest BCUT2D eigenvalue weighted by atomic mass is 9.60. The van der Waals surface area contributed by atoms with Gasteiger partial charge >= 0.3 is 0 Å². The monoisotopic (exact) mass is 298 g/mol. The van der Waals surface area contributed by atoms with Crippen molar-refractivity contribution in [2.45, 2.75) is 90.4 Å². The molecule has 0 heterocycles. The first-order chi connectivity index (χ1) is 9.89. The van der Waals surface area contributed by atoms with Gasteiger partial charge in [-0.25, -0.2) is 0 Å². The summed E-state index contributed by atoms with van der Waals surface area (Å²) in [7, 11) is 0. The lowest BCUT2D eigenvalue weighted by Gasteiger charge is -2.46. The summed E-state index contributed by atoms with van der Waals surface area (Å²) in [6, 6.07) is 0. The molecule has 3 nitrogen and oxygen atoms in total. The minimum Gasteiger partial charge on any atom is -0.393 e. The van der Waals surface area contributed by atoms with Gasteiger partial charge < -0.3 is 14.9 Å². The number of aliphatic hydroxyl groups is 2. The number of aliphatic hydroxyl groups excluding tert-OH is 2. The molecule has 2 aliphatic rings. The predicted octanol–water partition coefficient (Wildman–Crippen LogP) is 3.52. The van der Waals surface area contributed by atoms with Crippen LogP contribution < -0.4 is 0 Å². The number of hydrogen-bond donors (Lipinski definition) is 2. The quantitative estimate of drug-likeness (QED) is 0.816. The van der Waals surface area contributed by atoms with Crippen LogP contribution in [0.5, 0.6) is 0 Å². The molecule has 0 aromatic heterocycles. The van der Waals surface area contributed by atoms with Crippen molar-refractivity contribution < 1.29 is 14.9 Å². The van der Waals surface area contributed by atoms with Crippen molar-refractivity contribution in [3.8, 4) is 0 Å². The summed E-state index contributed by atoms with van der Waals surface area (Å²) in [6.07, 6.45) is 9.05. The highest BCUT2D eigenvalue weighted by Crippen LogP contribution is 2.48. The molecule has 0 amide bonds. The smallest absolute Gasteiger partial charge is 0.0745 e. The molecular weight excluding hydrogens is 264 g/mol. The topological polar surface area (TPSA) is 49.7 Å². The molecule has 0 aromatic rings. The van der Waals surface area contributed by atoms with Gasteiger partial charge in [0.1, 0.15) is 0 Å². The Balaban J connectivity index is 1.80. The predicted molar refractivity (Wildman–Crippen MR) is 85.1 cm³/mol. The number of rotatable bonds is 5. The van der Waals surface area contributed by atoms with Gasteiger partial charge in [-0.05, 0) is 75.5 Å². The van der Waals surface area contributed by atoms with Crippen molar-refractivity contribution in [1.82, 2.24) is 0 Å². The van der Waals surface area contributed by atoms with E-state index in [0.717, 1.165) is 37.5 Å². The SMILES string of the molecule is CC(O)COC1CCC(C(C)(C)C2CCC(O)CC2)CC1. The molecule has 0 aromatic carbocycles. The second-order valence-corrected chi connectivity index (χ2v) is 7.98. The standard InChI is InChI=1S/C18H34O3/c1-13(19)12-21-17-10-6-15(7-11-17)18(2,3)14-4-8-16(20)9-5-14/h13-17,19-20H,4-12H2,1-3H3. The van der Waals surface area contributed by atoms with E-state index in [1.807, 2.05) is 0 Å². The third kappa shape index (κ3) is 4.67. The summed E-state index contributed by atoms with van der Waals surface area (Å²) in [5.74, 6) is 1.55. The molecule has 0 radical (unpaired) electrons. The van der Waals surface area contributed by atoms with Crippen molar-refractivity contribution in [3.05, 3.63) is 0 Å². The molecule has 2 aliphatic carbocycles. The minimum absolute atomic E-state index is 0.0540. The Labute approximate surface area is 130 Å². The van der Waals surface area contributed by atoms with Gasteiger partial charge in [0, 0.05) is 0 Å². The highest BCUT2D eigenvalue weighted by atomic mass is 16.5. The van der Waals surface area contributed by atoms with Crippen LogP contribution in [0.2, 0.25) is 0 Å². The average molecular weight is 298 g/mol. The van der Waals surface area contributed by atoms with Crippen LogP contribution >= 0.6 is 0 Å². The number of hydrogen-bond acceptors (Lipinski definition) is 3. The van der Waals surface area contributed by atoms with E-state index in [1.54, 1.807) is 6.92 Å². The second kappa shape index (κ2) is 7.43. The summed E-state index contributed by atoms with van der Waals surface area (Å²) in [4.78, 5) is 0. The maximum atomic E-state index is 9.70. The molecule has 2 rings (SSSR count). The maximum Gasteiger partial charge on any atom is 0.0745 e. The van der Waals surface area contributed by atoms with E-state index in [0.29, 0.717) is 18.1 Å². The van der Waals surface area contributed by atoms with E-state index in [1.165, 1.54) is 25.7 Å². The fourth-order valence-electron chi connectivity index (χ4n) is 4.40. The molecular formula is C18H34O3. The van der Waals surface area contributed by atoms with Gasteiger partial charge in [-0.2, -0.15) is 0 Å². The highest BCUT2D eigenvalue weighted by molar-refractivity contribution is 4.90. The maximum absolute atomic E-state index is 9.70. The van der Waals surface area contributed by atoms with Crippen molar-refractivity contribution in [2.24, 2.45) is 17.3 Å². The fraction of sp³-hybridized carbons (Fsp3) is 1.00. The summed E-state index contributed by atoms with van der Waals surface area (Å²) in [6.45, 7) is 7.14. The third-order valence-corrected chi connectivity index (χ3v) is 6.05. The summed E-state index contributed by atoms with van der Waals surface area (Å²) in [5.41, 5.74) is 0.384. The van der Waals surface area contributed by atoms with Crippen LogP contribution in [0.25, 0.3) is 0 Å². The van der Waals surface area contributed by atoms with Crippen LogP contribution in [0.15, 0.2) is 0 Å². The lowest BCUT2D eigenvalue weighted by molar-refractivity contribution is -0.0451. The van der Waals surface area contributed by atoms with Gasteiger partial charge in [0.15, 0.2) is 0 Å². The molecule has 3 heteroatoms. The summed E-state index contributed by atoms with van der Waals surface area (Å²) in [5, 5.41) is 19.0. The van der Waals surface area contributed by atoms with Gasteiger partial charge in [-0.3, -0.25) is 0 Å². The molecule has 2 fully saturated rings. The van der Waals surface area contributed by atoms with E-state index >= 15 is 0 Å². The van der Waals surface area contributed by atoms with Gasteiger partial charge in [0.25, 0.3) is 0 Å². The first-order valence-electron chi connectivity index (χ1n) is 8.87. The Morgan fingerprint density at radius 2 is 1.43 bits per heavy atom. The first kappa shape index (κ1) is 17.2. The molecule has 1 atom stereocenters. The Bertz CT molecular complexity index is 298. The molecule has 21 heavy (non-hydrogen) atoms. The van der Waals surface area contributed by atoms with Crippen LogP contribution in [-0.2, 0) is 4.74 Å². The van der Waals surface area contributed by atoms with Crippen molar-refractivity contribution in [1.29, 1.82) is 0 Å². The first-order valence-corrected chi connectivity index (χ1v) is 8.87. The van der Waals surface area contributed by atoms with E-state index in [-0.39, 0.29) is 12.2 Å². The Morgan fingerprint density at radius 1 is 0.952 bits per heavy atom. The average Bonchev–Trinajstić information content (AvgIpc) is 2.46. The molecule has 0 spiro atoms. The van der Waals surface area contributed by atoms with Gasteiger partial charge in [0.2, 0.25) is 0 Å². The van der Waals surface area contributed by atoms with E-state index in [9.17, 15) is 10.2 Å². The van der Waals surface area contributed by atoms with Crippen molar-refractivity contribution in [3.63, 3.8) is 0 Å². The summed E-state index contributed by atoms with van der Waals surface area (Å²) >= 11 is 0. The molecule has 0 saturated heterocycles. The zero-order chi connectivity index (χ0) is 15.5. The second-order valence-electron chi connectivity index (χ2n) is 7.98. The van der Waals surface area contributed by atoms with Crippen LogP contribution in [0, 0.1) is 17.3 Å². The van der Waals surface area contributed by atoms with Crippen LogP contribution in [-0.4, -0.2) is 35.1 Å². The number of ether oxygens (including phenoxy) is 1. The van der Waals surface area contributed by atoms with E-state index < -0.39 is 0 Å². The normalized spacial score (nSPS) is 36.4.